The van der Waals surface area contributed by atoms with E-state index in [1.54, 1.807) is 28.4 Å². The summed E-state index contributed by atoms with van der Waals surface area (Å²) < 4.78 is 22.4. The molecule has 0 aromatic heterocycles. The molecule has 3 aromatic rings. The summed E-state index contributed by atoms with van der Waals surface area (Å²) >= 11 is 0. The number of aliphatic hydroxyl groups is 1. The van der Waals surface area contributed by atoms with Crippen LogP contribution >= 0.6 is 0 Å². The van der Waals surface area contributed by atoms with Crippen LogP contribution in [0.4, 0.5) is 0 Å². The van der Waals surface area contributed by atoms with Gasteiger partial charge < -0.3 is 24.1 Å². The average molecular weight is 409 g/mol. The summed E-state index contributed by atoms with van der Waals surface area (Å²) in [6.07, 6.45) is 1.58. The van der Waals surface area contributed by atoms with Crippen molar-refractivity contribution in [2.24, 2.45) is 0 Å². The van der Waals surface area contributed by atoms with Gasteiger partial charge in [0.05, 0.1) is 34.5 Å². The summed E-state index contributed by atoms with van der Waals surface area (Å²) in [5.74, 6) is 2.68. The molecule has 2 heterocycles. The molecule has 6 heteroatoms. The molecule has 0 aliphatic carbocycles. The number of benzene rings is 3. The summed E-state index contributed by atoms with van der Waals surface area (Å²) in [5.41, 5.74) is 2.14. The van der Waals surface area contributed by atoms with E-state index in [1.807, 2.05) is 24.3 Å². The second-order valence-electron chi connectivity index (χ2n) is 8.02. The standard InChI is InChI=1S/C24H27NO5/c1-27-19-8-13-14-9-20(28-2)22(30-4)11-16(14)23-17(15(13)10-21(19)29-3)12-25-7-5-6-18(25)24(23)26/h8-11,18,24,26H,5-7,12H2,1-4H3/t18-,24-/m0/s1. The fourth-order valence-corrected chi connectivity index (χ4v) is 5.29. The van der Waals surface area contributed by atoms with Crippen LogP contribution in [0.1, 0.15) is 30.1 Å². The highest BCUT2D eigenvalue weighted by molar-refractivity contribution is 6.13. The Morgan fingerprint density at radius 1 is 0.767 bits per heavy atom. The van der Waals surface area contributed by atoms with Crippen LogP contribution in [0.25, 0.3) is 21.5 Å². The molecule has 1 saturated heterocycles. The van der Waals surface area contributed by atoms with Crippen molar-refractivity contribution >= 4 is 21.5 Å². The van der Waals surface area contributed by atoms with Gasteiger partial charge in [-0.05, 0) is 76.3 Å². The van der Waals surface area contributed by atoms with Crippen LogP contribution in [0.2, 0.25) is 0 Å². The molecule has 0 saturated carbocycles. The highest BCUT2D eigenvalue weighted by Gasteiger charge is 2.39. The van der Waals surface area contributed by atoms with Gasteiger partial charge in [0, 0.05) is 12.6 Å². The molecular formula is C24H27NO5. The van der Waals surface area contributed by atoms with Crippen molar-refractivity contribution in [3.63, 3.8) is 0 Å². The third-order valence-electron chi connectivity index (χ3n) is 6.71. The fourth-order valence-electron chi connectivity index (χ4n) is 5.29. The predicted molar refractivity (Wildman–Crippen MR) is 116 cm³/mol. The van der Waals surface area contributed by atoms with Crippen molar-refractivity contribution in [3.05, 3.63) is 35.4 Å². The zero-order valence-electron chi connectivity index (χ0n) is 17.8. The Kier molecular flexibility index (Phi) is 4.64. The largest absolute Gasteiger partial charge is 0.493 e. The molecule has 0 radical (unpaired) electrons. The monoisotopic (exact) mass is 409 g/mol. The molecule has 5 rings (SSSR count). The Hall–Kier alpha value is -2.70. The minimum Gasteiger partial charge on any atom is -0.493 e. The molecule has 3 aromatic carbocycles. The molecule has 30 heavy (non-hydrogen) atoms. The molecule has 2 aliphatic rings. The van der Waals surface area contributed by atoms with Gasteiger partial charge in [0.15, 0.2) is 23.0 Å². The number of aliphatic hydroxyl groups excluding tert-OH is 1. The molecule has 0 spiro atoms. The van der Waals surface area contributed by atoms with E-state index in [9.17, 15) is 5.11 Å². The molecule has 2 aliphatic heterocycles. The SMILES string of the molecule is COc1cc2c3c(c4cc(OC)c(OC)cc4c2cc1OC)[C@@H](O)[C@@H]1CCCN1C3. The maximum Gasteiger partial charge on any atom is 0.161 e. The summed E-state index contributed by atoms with van der Waals surface area (Å²) in [4.78, 5) is 2.40. The summed E-state index contributed by atoms with van der Waals surface area (Å²) in [6, 6.07) is 8.21. The number of methoxy groups -OCH3 is 4. The van der Waals surface area contributed by atoms with Gasteiger partial charge in [0.1, 0.15) is 0 Å². The Balaban J connectivity index is 1.94. The van der Waals surface area contributed by atoms with Crippen LogP contribution < -0.4 is 18.9 Å². The normalized spacial score (nSPS) is 20.8. The van der Waals surface area contributed by atoms with Gasteiger partial charge in [-0.3, -0.25) is 4.90 Å². The number of nitrogens with zero attached hydrogens (tertiary/aromatic N) is 1. The minimum atomic E-state index is -0.547. The molecule has 6 nitrogen and oxygen atoms in total. The van der Waals surface area contributed by atoms with Crippen LogP contribution in [0.15, 0.2) is 24.3 Å². The average Bonchev–Trinajstić information content (AvgIpc) is 3.26. The first kappa shape index (κ1) is 19.3. The molecular weight excluding hydrogens is 382 g/mol. The molecule has 1 N–H and O–H groups in total. The number of rotatable bonds is 4. The highest BCUT2D eigenvalue weighted by Crippen LogP contribution is 2.48. The Morgan fingerprint density at radius 3 is 1.83 bits per heavy atom. The molecule has 0 bridgehead atoms. The van der Waals surface area contributed by atoms with E-state index in [2.05, 4.69) is 4.90 Å². The number of hydrogen-bond donors (Lipinski definition) is 1. The zero-order chi connectivity index (χ0) is 21.0. The maximum atomic E-state index is 11.4. The molecule has 0 unspecified atom stereocenters. The van der Waals surface area contributed by atoms with E-state index in [1.165, 1.54) is 0 Å². The van der Waals surface area contributed by atoms with Gasteiger partial charge in [-0.25, -0.2) is 0 Å². The summed E-state index contributed by atoms with van der Waals surface area (Å²) in [6.45, 7) is 1.83. The number of hydrogen-bond acceptors (Lipinski definition) is 6. The molecule has 0 amide bonds. The van der Waals surface area contributed by atoms with Crippen molar-refractivity contribution in [2.45, 2.75) is 31.5 Å². The van der Waals surface area contributed by atoms with Gasteiger partial charge in [0.2, 0.25) is 0 Å². The molecule has 2 atom stereocenters. The lowest BCUT2D eigenvalue weighted by molar-refractivity contribution is 0.0552. The Labute approximate surface area is 175 Å². The van der Waals surface area contributed by atoms with E-state index >= 15 is 0 Å². The number of fused-ring (bicyclic) bond motifs is 7. The van der Waals surface area contributed by atoms with Gasteiger partial charge >= 0.3 is 0 Å². The van der Waals surface area contributed by atoms with Crippen molar-refractivity contribution in [2.75, 3.05) is 35.0 Å². The zero-order valence-corrected chi connectivity index (χ0v) is 17.8. The quantitative estimate of drug-likeness (QED) is 0.657. The van der Waals surface area contributed by atoms with Crippen LogP contribution in [0.3, 0.4) is 0 Å². The highest BCUT2D eigenvalue weighted by atomic mass is 16.5. The van der Waals surface area contributed by atoms with E-state index < -0.39 is 6.10 Å². The van der Waals surface area contributed by atoms with Gasteiger partial charge in [-0.2, -0.15) is 0 Å². The molecule has 1 fully saturated rings. The van der Waals surface area contributed by atoms with Crippen molar-refractivity contribution in [3.8, 4) is 23.0 Å². The minimum absolute atomic E-state index is 0.159. The van der Waals surface area contributed by atoms with Crippen LogP contribution in [-0.2, 0) is 6.54 Å². The van der Waals surface area contributed by atoms with E-state index in [4.69, 9.17) is 18.9 Å². The second-order valence-corrected chi connectivity index (χ2v) is 8.02. The third-order valence-corrected chi connectivity index (χ3v) is 6.71. The van der Waals surface area contributed by atoms with Crippen molar-refractivity contribution in [1.82, 2.24) is 4.90 Å². The predicted octanol–water partition coefficient (Wildman–Crippen LogP) is 4.04. The van der Waals surface area contributed by atoms with Crippen LogP contribution in [-0.4, -0.2) is 51.0 Å². The fraction of sp³-hybridized carbons (Fsp3) is 0.417. The lowest BCUT2D eigenvalue weighted by Gasteiger charge is -2.37. The Bertz CT molecular complexity index is 1140. The first-order valence-corrected chi connectivity index (χ1v) is 10.3. The smallest absolute Gasteiger partial charge is 0.161 e. The maximum absolute atomic E-state index is 11.4. The first-order valence-electron chi connectivity index (χ1n) is 10.3. The summed E-state index contributed by atoms with van der Waals surface area (Å²) in [7, 11) is 6.57. The first-order chi connectivity index (χ1) is 14.6. The lowest BCUT2D eigenvalue weighted by Crippen LogP contribution is -2.39. The second kappa shape index (κ2) is 7.22. The van der Waals surface area contributed by atoms with Crippen molar-refractivity contribution < 1.29 is 24.1 Å². The van der Waals surface area contributed by atoms with Gasteiger partial charge in [-0.1, -0.05) is 0 Å². The summed E-state index contributed by atoms with van der Waals surface area (Å²) in [5, 5.41) is 15.6. The van der Waals surface area contributed by atoms with E-state index in [0.717, 1.165) is 58.6 Å². The Morgan fingerprint density at radius 2 is 1.27 bits per heavy atom. The molecule has 158 valence electrons. The van der Waals surface area contributed by atoms with Crippen LogP contribution in [0, 0.1) is 0 Å². The van der Waals surface area contributed by atoms with Crippen LogP contribution in [0.5, 0.6) is 23.0 Å². The van der Waals surface area contributed by atoms with Gasteiger partial charge in [-0.15, -0.1) is 0 Å². The van der Waals surface area contributed by atoms with E-state index in [0.29, 0.717) is 23.0 Å². The number of ether oxygens (including phenoxy) is 4. The van der Waals surface area contributed by atoms with E-state index in [-0.39, 0.29) is 6.04 Å². The third kappa shape index (κ3) is 2.63. The van der Waals surface area contributed by atoms with Gasteiger partial charge in [0.25, 0.3) is 0 Å². The lowest BCUT2D eigenvalue weighted by atomic mass is 9.83. The van der Waals surface area contributed by atoms with Crippen molar-refractivity contribution in [1.29, 1.82) is 0 Å². The topological polar surface area (TPSA) is 60.4 Å².